The molecule has 3 rings (SSSR count). The van der Waals surface area contributed by atoms with Crippen LogP contribution < -0.4 is 16.2 Å². The number of nitrogens with zero attached hydrogens (tertiary/aromatic N) is 1. The predicted octanol–water partition coefficient (Wildman–Crippen LogP) is 1.08. The lowest BCUT2D eigenvalue weighted by Gasteiger charge is -2.10. The third-order valence-corrected chi connectivity index (χ3v) is 3.67. The van der Waals surface area contributed by atoms with E-state index in [-0.39, 0.29) is 5.91 Å². The highest BCUT2D eigenvalue weighted by atomic mass is 16.1. The predicted molar refractivity (Wildman–Crippen MR) is 78.2 cm³/mol. The highest BCUT2D eigenvalue weighted by Crippen LogP contribution is 2.17. The molecule has 0 aliphatic carbocycles. The minimum absolute atomic E-state index is 0.0132. The number of amides is 1. The highest BCUT2D eigenvalue weighted by Gasteiger charge is 2.14. The van der Waals surface area contributed by atoms with Crippen LogP contribution in [-0.4, -0.2) is 30.5 Å². The van der Waals surface area contributed by atoms with Crippen LogP contribution in [0.5, 0.6) is 0 Å². The summed E-state index contributed by atoms with van der Waals surface area (Å²) in [4.78, 5) is 16.4. The molecule has 5 heteroatoms. The molecule has 0 radical (unpaired) electrons. The first-order valence-electron chi connectivity index (χ1n) is 6.91. The van der Waals surface area contributed by atoms with Crippen LogP contribution in [0.4, 0.5) is 0 Å². The number of hydrogen-bond donors (Lipinski definition) is 3. The van der Waals surface area contributed by atoms with Gasteiger partial charge >= 0.3 is 0 Å². The van der Waals surface area contributed by atoms with Crippen molar-refractivity contribution in [3.05, 3.63) is 42.2 Å². The number of fused-ring (bicyclic) bond motifs is 1. The van der Waals surface area contributed by atoms with Gasteiger partial charge in [-0.2, -0.15) is 0 Å². The number of rotatable bonds is 4. The van der Waals surface area contributed by atoms with E-state index in [1.807, 2.05) is 24.3 Å². The summed E-state index contributed by atoms with van der Waals surface area (Å²) in [6.45, 7) is 2.64. The Bertz CT molecular complexity index is 602. The maximum Gasteiger partial charge on any atom is 0.251 e. The van der Waals surface area contributed by atoms with Gasteiger partial charge in [0.25, 0.3) is 5.91 Å². The van der Waals surface area contributed by atoms with Crippen molar-refractivity contribution < 1.29 is 4.79 Å². The van der Waals surface area contributed by atoms with E-state index in [2.05, 4.69) is 21.2 Å². The standard InChI is InChI=1S/C15H18N4O/c20-15(17-7-4-11-8-18-19-9-11)14-3-1-2-12-10-16-6-5-13(12)14/h1-3,5-6,10-11,18-19H,4,7-9H2,(H,17,20). The molecule has 1 aromatic carbocycles. The molecule has 0 unspecified atom stereocenters. The molecule has 1 amide bonds. The maximum absolute atomic E-state index is 12.3. The summed E-state index contributed by atoms with van der Waals surface area (Å²) in [6, 6.07) is 7.60. The second kappa shape index (κ2) is 5.98. The van der Waals surface area contributed by atoms with Crippen LogP contribution in [-0.2, 0) is 0 Å². The molecule has 5 nitrogen and oxygen atoms in total. The summed E-state index contributed by atoms with van der Waals surface area (Å²) in [5.41, 5.74) is 6.91. The third kappa shape index (κ3) is 2.79. The zero-order chi connectivity index (χ0) is 13.8. The van der Waals surface area contributed by atoms with Crippen molar-refractivity contribution in [3.63, 3.8) is 0 Å². The minimum atomic E-state index is -0.0132. The van der Waals surface area contributed by atoms with Crippen LogP contribution in [0.2, 0.25) is 0 Å². The van der Waals surface area contributed by atoms with E-state index in [1.54, 1.807) is 12.4 Å². The van der Waals surface area contributed by atoms with Crippen molar-refractivity contribution >= 4 is 16.7 Å². The second-order valence-corrected chi connectivity index (χ2v) is 5.07. The molecule has 1 aliphatic rings. The zero-order valence-corrected chi connectivity index (χ0v) is 11.2. The van der Waals surface area contributed by atoms with Crippen molar-refractivity contribution in [2.75, 3.05) is 19.6 Å². The van der Waals surface area contributed by atoms with Crippen molar-refractivity contribution in [1.29, 1.82) is 0 Å². The maximum atomic E-state index is 12.3. The molecule has 0 atom stereocenters. The van der Waals surface area contributed by atoms with Crippen LogP contribution in [0.25, 0.3) is 10.8 Å². The topological polar surface area (TPSA) is 66.1 Å². The number of carbonyl (C=O) groups is 1. The van der Waals surface area contributed by atoms with Crippen molar-refractivity contribution in [3.8, 4) is 0 Å². The molecule has 0 spiro atoms. The van der Waals surface area contributed by atoms with Gasteiger partial charge in [0.05, 0.1) is 0 Å². The molecule has 2 heterocycles. The molecule has 3 N–H and O–H groups in total. The SMILES string of the molecule is O=C(NCCC1CNNC1)c1cccc2cnccc12. The van der Waals surface area contributed by atoms with Crippen LogP contribution >= 0.6 is 0 Å². The molecule has 104 valence electrons. The van der Waals surface area contributed by atoms with Crippen molar-refractivity contribution in [2.24, 2.45) is 5.92 Å². The Kier molecular flexibility index (Phi) is 3.90. The summed E-state index contributed by atoms with van der Waals surface area (Å²) in [6.07, 6.45) is 4.48. The molecular weight excluding hydrogens is 252 g/mol. The smallest absolute Gasteiger partial charge is 0.251 e. The molecule has 0 saturated carbocycles. The Morgan fingerprint density at radius 1 is 1.30 bits per heavy atom. The molecule has 0 bridgehead atoms. The quantitative estimate of drug-likeness (QED) is 0.778. The monoisotopic (exact) mass is 270 g/mol. The number of pyridine rings is 1. The molecule has 1 saturated heterocycles. The molecule has 20 heavy (non-hydrogen) atoms. The lowest BCUT2D eigenvalue weighted by Crippen LogP contribution is -2.27. The Hall–Kier alpha value is -1.98. The molecule has 1 aliphatic heterocycles. The number of hydrogen-bond acceptors (Lipinski definition) is 4. The number of hydrazine groups is 1. The molecule has 2 aromatic rings. The first kappa shape index (κ1) is 13.0. The summed E-state index contributed by atoms with van der Waals surface area (Å²) in [5.74, 6) is 0.577. The average Bonchev–Trinajstić information content (AvgIpc) is 3.00. The van der Waals surface area contributed by atoms with E-state index in [0.29, 0.717) is 18.0 Å². The normalized spacial score (nSPS) is 15.6. The van der Waals surface area contributed by atoms with Gasteiger partial charge in [0.1, 0.15) is 0 Å². The van der Waals surface area contributed by atoms with E-state index in [9.17, 15) is 4.79 Å². The van der Waals surface area contributed by atoms with Gasteiger partial charge in [-0.1, -0.05) is 12.1 Å². The number of nitrogens with one attached hydrogen (secondary N) is 3. The van der Waals surface area contributed by atoms with Crippen molar-refractivity contribution in [1.82, 2.24) is 21.2 Å². The van der Waals surface area contributed by atoms with Gasteiger partial charge in [0.2, 0.25) is 0 Å². The lowest BCUT2D eigenvalue weighted by atomic mass is 10.1. The van der Waals surface area contributed by atoms with Gasteiger partial charge in [0, 0.05) is 43.0 Å². The number of aromatic nitrogens is 1. The van der Waals surface area contributed by atoms with Crippen LogP contribution in [0.15, 0.2) is 36.7 Å². The van der Waals surface area contributed by atoms with Crippen LogP contribution in [0, 0.1) is 5.92 Å². The summed E-state index contributed by atoms with van der Waals surface area (Å²) < 4.78 is 0. The fourth-order valence-corrected chi connectivity index (χ4v) is 2.51. The van der Waals surface area contributed by atoms with E-state index >= 15 is 0 Å². The first-order chi connectivity index (χ1) is 9.84. The van der Waals surface area contributed by atoms with Gasteiger partial charge in [0.15, 0.2) is 0 Å². The lowest BCUT2D eigenvalue weighted by molar-refractivity contribution is 0.0953. The van der Waals surface area contributed by atoms with E-state index in [4.69, 9.17) is 0 Å². The van der Waals surface area contributed by atoms with Gasteiger partial charge in [-0.3, -0.25) is 20.6 Å². The fourth-order valence-electron chi connectivity index (χ4n) is 2.51. The zero-order valence-electron chi connectivity index (χ0n) is 11.2. The fraction of sp³-hybridized carbons (Fsp3) is 0.333. The molecule has 1 aromatic heterocycles. The summed E-state index contributed by atoms with van der Waals surface area (Å²) in [7, 11) is 0. The molecular formula is C15H18N4O. The van der Waals surface area contributed by atoms with E-state index < -0.39 is 0 Å². The number of carbonyl (C=O) groups excluding carboxylic acids is 1. The highest BCUT2D eigenvalue weighted by molar-refractivity contribution is 6.06. The minimum Gasteiger partial charge on any atom is -0.352 e. The Morgan fingerprint density at radius 2 is 2.15 bits per heavy atom. The number of benzene rings is 1. The first-order valence-corrected chi connectivity index (χ1v) is 6.91. The van der Waals surface area contributed by atoms with Gasteiger partial charge in [-0.05, 0) is 29.9 Å². The van der Waals surface area contributed by atoms with Gasteiger partial charge < -0.3 is 5.32 Å². The largest absolute Gasteiger partial charge is 0.352 e. The summed E-state index contributed by atoms with van der Waals surface area (Å²) in [5, 5.41) is 4.94. The Morgan fingerprint density at radius 3 is 3.00 bits per heavy atom. The van der Waals surface area contributed by atoms with Crippen molar-refractivity contribution in [2.45, 2.75) is 6.42 Å². The Balaban J connectivity index is 1.66. The third-order valence-electron chi connectivity index (χ3n) is 3.67. The van der Waals surface area contributed by atoms with Gasteiger partial charge in [-0.25, -0.2) is 0 Å². The summed E-state index contributed by atoms with van der Waals surface area (Å²) >= 11 is 0. The van der Waals surface area contributed by atoms with Crippen LogP contribution in [0.3, 0.4) is 0 Å². The second-order valence-electron chi connectivity index (χ2n) is 5.07. The average molecular weight is 270 g/mol. The molecule has 1 fully saturated rings. The van der Waals surface area contributed by atoms with Crippen LogP contribution in [0.1, 0.15) is 16.8 Å². The van der Waals surface area contributed by atoms with Gasteiger partial charge in [-0.15, -0.1) is 0 Å². The van der Waals surface area contributed by atoms with E-state index in [0.717, 1.165) is 30.3 Å². The Labute approximate surface area is 117 Å². The van der Waals surface area contributed by atoms with E-state index in [1.165, 1.54) is 0 Å².